The predicted octanol–water partition coefficient (Wildman–Crippen LogP) is 2.74. The molecule has 0 unspecified atom stereocenters. The van der Waals surface area contributed by atoms with Gasteiger partial charge in [0.25, 0.3) is 0 Å². The third-order valence-corrected chi connectivity index (χ3v) is 3.03. The minimum Gasteiger partial charge on any atom is -0.493 e. The van der Waals surface area contributed by atoms with E-state index in [9.17, 15) is 14.4 Å². The summed E-state index contributed by atoms with van der Waals surface area (Å²) in [5.41, 5.74) is 0.720. The zero-order valence-electron chi connectivity index (χ0n) is 14.1. The molecule has 1 rings (SSSR count). The van der Waals surface area contributed by atoms with Crippen molar-refractivity contribution < 1.29 is 23.9 Å². The molecule has 24 heavy (non-hydrogen) atoms. The first kappa shape index (κ1) is 19.2. The molecule has 0 bridgehead atoms. The van der Waals surface area contributed by atoms with Crippen LogP contribution in [0.1, 0.15) is 37.0 Å². The molecule has 1 aromatic carbocycles. The molecule has 0 atom stereocenters. The fourth-order valence-corrected chi connectivity index (χ4v) is 1.88. The lowest BCUT2D eigenvalue weighted by Gasteiger charge is -2.16. The summed E-state index contributed by atoms with van der Waals surface area (Å²) >= 11 is 0. The summed E-state index contributed by atoms with van der Waals surface area (Å²) < 4.78 is 10.4. The zero-order valence-corrected chi connectivity index (χ0v) is 14.1. The number of unbranched alkanes of at least 4 members (excludes halogenated alkanes) is 1. The van der Waals surface area contributed by atoms with E-state index in [-0.39, 0.29) is 22.9 Å². The number of benzene rings is 1. The molecule has 2 amide bonds. The van der Waals surface area contributed by atoms with Gasteiger partial charge in [0.1, 0.15) is 11.3 Å². The maximum atomic E-state index is 12.0. The van der Waals surface area contributed by atoms with Gasteiger partial charge in [0.05, 0.1) is 25.1 Å². The fourth-order valence-electron chi connectivity index (χ4n) is 1.88. The van der Waals surface area contributed by atoms with E-state index >= 15 is 0 Å². The number of carbonyl (C=O) groups excluding carboxylic acids is 3. The number of amides is 2. The van der Waals surface area contributed by atoms with Crippen LogP contribution in [0.2, 0.25) is 0 Å². The second-order valence-corrected chi connectivity index (χ2v) is 4.96. The van der Waals surface area contributed by atoms with E-state index in [4.69, 9.17) is 9.47 Å². The van der Waals surface area contributed by atoms with Crippen LogP contribution in [0, 0.1) is 0 Å². The first-order chi connectivity index (χ1) is 11.4. The van der Waals surface area contributed by atoms with Crippen molar-refractivity contribution in [3.63, 3.8) is 0 Å². The van der Waals surface area contributed by atoms with Crippen LogP contribution in [0.15, 0.2) is 24.8 Å². The largest absolute Gasteiger partial charge is 0.493 e. The fraction of sp³-hybridized carbons (Fsp3) is 0.353. The van der Waals surface area contributed by atoms with Gasteiger partial charge in [-0.25, -0.2) is 4.79 Å². The zero-order chi connectivity index (χ0) is 18.1. The van der Waals surface area contributed by atoms with Crippen LogP contribution in [-0.4, -0.2) is 31.5 Å². The van der Waals surface area contributed by atoms with E-state index in [2.05, 4.69) is 17.2 Å². The van der Waals surface area contributed by atoms with Gasteiger partial charge in [0, 0.05) is 13.0 Å². The number of nitrogens with one attached hydrogen (secondary N) is 2. The van der Waals surface area contributed by atoms with Crippen molar-refractivity contribution in [3.8, 4) is 5.75 Å². The number of ether oxygens (including phenoxy) is 2. The van der Waals surface area contributed by atoms with E-state index in [1.54, 1.807) is 0 Å². The highest BCUT2D eigenvalue weighted by molar-refractivity contribution is 6.05. The van der Waals surface area contributed by atoms with Gasteiger partial charge in [0.15, 0.2) is 0 Å². The molecule has 7 nitrogen and oxygen atoms in total. The number of esters is 1. The summed E-state index contributed by atoms with van der Waals surface area (Å²) in [4.78, 5) is 35.0. The lowest BCUT2D eigenvalue weighted by molar-refractivity contribution is -0.114. The molecule has 0 heterocycles. The number of rotatable bonds is 8. The Morgan fingerprint density at radius 2 is 1.88 bits per heavy atom. The van der Waals surface area contributed by atoms with Crippen molar-refractivity contribution >= 4 is 29.2 Å². The van der Waals surface area contributed by atoms with Crippen LogP contribution in [0.25, 0.3) is 0 Å². The molecule has 0 radical (unpaired) electrons. The first-order valence-electron chi connectivity index (χ1n) is 7.53. The van der Waals surface area contributed by atoms with Gasteiger partial charge in [0.2, 0.25) is 11.8 Å². The molecule has 0 aromatic heterocycles. The molecule has 0 aliphatic carbocycles. The monoisotopic (exact) mass is 334 g/mol. The van der Waals surface area contributed by atoms with Crippen molar-refractivity contribution in [2.45, 2.75) is 26.7 Å². The minimum absolute atomic E-state index is 0.155. The molecule has 0 saturated heterocycles. The van der Waals surface area contributed by atoms with Gasteiger partial charge in [-0.05, 0) is 18.6 Å². The third-order valence-electron chi connectivity index (χ3n) is 3.03. The Bertz CT molecular complexity index is 640. The quantitative estimate of drug-likeness (QED) is 0.433. The highest BCUT2D eigenvalue weighted by atomic mass is 16.5. The van der Waals surface area contributed by atoms with Crippen molar-refractivity contribution in [1.82, 2.24) is 0 Å². The Morgan fingerprint density at radius 1 is 1.21 bits per heavy atom. The average Bonchev–Trinajstić information content (AvgIpc) is 2.55. The van der Waals surface area contributed by atoms with Gasteiger partial charge in [-0.1, -0.05) is 19.9 Å². The smallest absolute Gasteiger partial charge is 0.341 e. The van der Waals surface area contributed by atoms with Crippen LogP contribution in [-0.2, 0) is 14.3 Å². The molecule has 130 valence electrons. The van der Waals surface area contributed by atoms with Crippen LogP contribution in [0.3, 0.4) is 0 Å². The standard InChI is InChI=1S/C17H22N2O5/c1-5-7-8-24-15-10-14(18-11(3)20)13(19-16(21)6-2)9-12(15)17(22)23-4/h6,9-10H,2,5,7-8H2,1,3-4H3,(H,18,20)(H,19,21). The van der Waals surface area contributed by atoms with Crippen LogP contribution in [0.5, 0.6) is 5.75 Å². The summed E-state index contributed by atoms with van der Waals surface area (Å²) in [5, 5.41) is 5.14. The average molecular weight is 334 g/mol. The van der Waals surface area contributed by atoms with E-state index in [1.807, 2.05) is 6.92 Å². The van der Waals surface area contributed by atoms with Gasteiger partial charge in [-0.2, -0.15) is 0 Å². The Labute approximate surface area is 141 Å². The molecular weight excluding hydrogens is 312 g/mol. The van der Waals surface area contributed by atoms with Crippen LogP contribution < -0.4 is 15.4 Å². The third kappa shape index (κ3) is 5.42. The van der Waals surface area contributed by atoms with E-state index in [1.165, 1.54) is 26.2 Å². The number of hydrogen-bond acceptors (Lipinski definition) is 5. The summed E-state index contributed by atoms with van der Waals surface area (Å²) in [6.45, 7) is 7.14. The van der Waals surface area contributed by atoms with Gasteiger partial charge in [-0.3, -0.25) is 9.59 Å². The highest BCUT2D eigenvalue weighted by Gasteiger charge is 2.19. The molecule has 0 saturated carbocycles. The Balaban J connectivity index is 3.34. The molecule has 2 N–H and O–H groups in total. The molecule has 0 aliphatic rings. The molecular formula is C17H22N2O5. The SMILES string of the molecule is C=CC(=O)Nc1cc(C(=O)OC)c(OCCCC)cc1NC(C)=O. The second kappa shape index (κ2) is 9.34. The van der Waals surface area contributed by atoms with Crippen molar-refractivity contribution in [2.24, 2.45) is 0 Å². The van der Waals surface area contributed by atoms with E-state index < -0.39 is 11.9 Å². The lowest BCUT2D eigenvalue weighted by atomic mass is 10.1. The summed E-state index contributed by atoms with van der Waals surface area (Å²) in [7, 11) is 1.25. The molecule has 0 fully saturated rings. The lowest BCUT2D eigenvalue weighted by Crippen LogP contribution is -2.15. The minimum atomic E-state index is -0.607. The maximum Gasteiger partial charge on any atom is 0.341 e. The van der Waals surface area contributed by atoms with Crippen molar-refractivity contribution in [1.29, 1.82) is 0 Å². The van der Waals surface area contributed by atoms with Gasteiger partial charge in [-0.15, -0.1) is 0 Å². The maximum absolute atomic E-state index is 12.0. The predicted molar refractivity (Wildman–Crippen MR) is 91.3 cm³/mol. The van der Waals surface area contributed by atoms with Gasteiger partial charge < -0.3 is 20.1 Å². The van der Waals surface area contributed by atoms with E-state index in [0.29, 0.717) is 12.3 Å². The summed E-state index contributed by atoms with van der Waals surface area (Å²) in [5.74, 6) is -1.13. The number of anilines is 2. The summed E-state index contributed by atoms with van der Waals surface area (Å²) in [6, 6.07) is 2.89. The van der Waals surface area contributed by atoms with Crippen LogP contribution >= 0.6 is 0 Å². The first-order valence-corrected chi connectivity index (χ1v) is 7.53. The molecule has 1 aromatic rings. The van der Waals surface area contributed by atoms with Gasteiger partial charge >= 0.3 is 5.97 Å². The topological polar surface area (TPSA) is 93.7 Å². The van der Waals surface area contributed by atoms with Crippen molar-refractivity contribution in [3.05, 3.63) is 30.4 Å². The number of carbonyl (C=O) groups is 3. The number of hydrogen-bond donors (Lipinski definition) is 2. The molecule has 0 aliphatic heterocycles. The second-order valence-electron chi connectivity index (χ2n) is 4.96. The highest BCUT2D eigenvalue weighted by Crippen LogP contribution is 2.32. The Kier molecular flexibility index (Phi) is 7.48. The Morgan fingerprint density at radius 3 is 2.42 bits per heavy atom. The molecule has 7 heteroatoms. The number of methoxy groups -OCH3 is 1. The Hall–Kier alpha value is -2.83. The summed E-state index contributed by atoms with van der Waals surface area (Å²) in [6.07, 6.45) is 2.83. The molecule has 0 spiro atoms. The van der Waals surface area contributed by atoms with Crippen LogP contribution in [0.4, 0.5) is 11.4 Å². The normalized spacial score (nSPS) is 9.79. The van der Waals surface area contributed by atoms with Crippen molar-refractivity contribution in [2.75, 3.05) is 24.4 Å². The van der Waals surface area contributed by atoms with E-state index in [0.717, 1.165) is 18.9 Å².